The normalized spacial score (nSPS) is 31.6. The lowest BCUT2D eigenvalue weighted by molar-refractivity contribution is -0.110. The molecule has 0 bridgehead atoms. The smallest absolute Gasteiger partial charge is 0.407 e. The minimum atomic E-state index is -0.927. The summed E-state index contributed by atoms with van der Waals surface area (Å²) in [6.07, 6.45) is 0.729. The maximum atomic E-state index is 11.7. The lowest BCUT2D eigenvalue weighted by atomic mass is 9.93. The number of piperidine rings is 1. The van der Waals surface area contributed by atoms with E-state index in [-0.39, 0.29) is 11.8 Å². The molecule has 1 N–H and O–H groups in total. The number of benzene rings is 1. The molecule has 1 aliphatic heterocycles. The van der Waals surface area contributed by atoms with Crippen molar-refractivity contribution >= 4 is 35.6 Å². The molecule has 0 unspecified atom stereocenters. The first-order chi connectivity index (χ1) is 9.50. The lowest BCUT2D eigenvalue weighted by Crippen LogP contribution is -2.35. The molecule has 1 aliphatic carbocycles. The highest BCUT2D eigenvalue weighted by Gasteiger charge is 2.67. The van der Waals surface area contributed by atoms with Crippen molar-refractivity contribution in [2.45, 2.75) is 11.8 Å². The van der Waals surface area contributed by atoms with Crippen LogP contribution in [-0.4, -0.2) is 35.5 Å². The summed E-state index contributed by atoms with van der Waals surface area (Å²) in [6.45, 7) is 0.881. The van der Waals surface area contributed by atoms with Crippen LogP contribution in [0, 0.1) is 11.8 Å². The summed E-state index contributed by atoms with van der Waals surface area (Å²) >= 11 is 11.9. The lowest BCUT2D eigenvalue weighted by Gasteiger charge is -2.22. The third kappa shape index (κ3) is 1.82. The summed E-state index contributed by atoms with van der Waals surface area (Å²) in [6, 6.07) is 5.22. The Kier molecular flexibility index (Phi) is 3.18. The molecule has 106 valence electrons. The molecule has 6 heteroatoms. The first-order valence-electron chi connectivity index (χ1n) is 6.40. The maximum Gasteiger partial charge on any atom is 0.407 e. The van der Waals surface area contributed by atoms with Gasteiger partial charge in [-0.15, -0.1) is 0 Å². The Hall–Kier alpha value is -1.26. The largest absolute Gasteiger partial charge is 0.465 e. The maximum absolute atomic E-state index is 11.7. The fourth-order valence-electron chi connectivity index (χ4n) is 3.52. The molecule has 3 rings (SSSR count). The van der Waals surface area contributed by atoms with E-state index in [1.54, 1.807) is 12.1 Å². The van der Waals surface area contributed by atoms with Crippen LogP contribution in [0.25, 0.3) is 0 Å². The third-order valence-corrected chi connectivity index (χ3v) is 5.35. The van der Waals surface area contributed by atoms with Gasteiger partial charge in [0.25, 0.3) is 0 Å². The minimum absolute atomic E-state index is 0.0436. The van der Waals surface area contributed by atoms with E-state index in [2.05, 4.69) is 0 Å². The van der Waals surface area contributed by atoms with E-state index in [0.29, 0.717) is 29.6 Å². The minimum Gasteiger partial charge on any atom is -0.465 e. The molecular formula is C14H13Cl2NO3. The van der Waals surface area contributed by atoms with Crippen molar-refractivity contribution in [1.29, 1.82) is 0 Å². The van der Waals surface area contributed by atoms with E-state index in [0.717, 1.165) is 11.8 Å². The van der Waals surface area contributed by atoms with Crippen molar-refractivity contribution in [2.24, 2.45) is 11.8 Å². The standard InChI is InChI=1S/C14H13Cl2NO3/c15-11-2-1-8(5-12(11)16)14(7-18)9-3-4-17(13(19)20)6-10(9)14/h1-2,5,7,9-10H,3-4,6H2,(H,19,20)/t9-,10+,14+/m0/s1. The van der Waals surface area contributed by atoms with Gasteiger partial charge in [0.05, 0.1) is 15.5 Å². The second kappa shape index (κ2) is 4.64. The summed E-state index contributed by atoms with van der Waals surface area (Å²) in [4.78, 5) is 24.1. The molecule has 1 amide bonds. The van der Waals surface area contributed by atoms with Gasteiger partial charge in [0.15, 0.2) is 0 Å². The van der Waals surface area contributed by atoms with E-state index in [9.17, 15) is 9.59 Å². The number of fused-ring (bicyclic) bond motifs is 1. The van der Waals surface area contributed by atoms with Gasteiger partial charge in [-0.1, -0.05) is 29.3 Å². The van der Waals surface area contributed by atoms with Crippen molar-refractivity contribution in [3.63, 3.8) is 0 Å². The van der Waals surface area contributed by atoms with Crippen LogP contribution in [0.3, 0.4) is 0 Å². The van der Waals surface area contributed by atoms with Gasteiger partial charge in [0.2, 0.25) is 0 Å². The molecule has 1 saturated carbocycles. The van der Waals surface area contributed by atoms with Crippen molar-refractivity contribution in [3.8, 4) is 0 Å². The number of carbonyl (C=O) groups excluding carboxylic acids is 1. The van der Waals surface area contributed by atoms with Crippen LogP contribution in [0.1, 0.15) is 12.0 Å². The topological polar surface area (TPSA) is 57.6 Å². The molecule has 4 nitrogen and oxygen atoms in total. The van der Waals surface area contributed by atoms with Gasteiger partial charge in [-0.3, -0.25) is 0 Å². The van der Waals surface area contributed by atoms with Crippen LogP contribution < -0.4 is 0 Å². The van der Waals surface area contributed by atoms with Crippen LogP contribution in [-0.2, 0) is 10.2 Å². The second-order valence-corrected chi connectivity index (χ2v) is 6.22. The van der Waals surface area contributed by atoms with Crippen molar-refractivity contribution < 1.29 is 14.7 Å². The monoisotopic (exact) mass is 313 g/mol. The fraction of sp³-hybridized carbons (Fsp3) is 0.429. The first kappa shape index (κ1) is 13.7. The van der Waals surface area contributed by atoms with Gasteiger partial charge < -0.3 is 14.8 Å². The average molecular weight is 314 g/mol. The molecule has 1 aromatic carbocycles. The Bertz CT molecular complexity index is 592. The molecule has 0 radical (unpaired) electrons. The predicted octanol–water partition coefficient (Wildman–Crippen LogP) is 3.06. The number of likely N-dealkylation sites (tertiary alicyclic amines) is 1. The number of carbonyl (C=O) groups is 2. The zero-order valence-corrected chi connectivity index (χ0v) is 12.1. The summed E-state index contributed by atoms with van der Waals surface area (Å²) in [5.74, 6) is 0.245. The van der Waals surface area contributed by atoms with E-state index >= 15 is 0 Å². The van der Waals surface area contributed by atoms with E-state index in [1.807, 2.05) is 6.07 Å². The number of aldehydes is 1. The predicted molar refractivity (Wildman–Crippen MR) is 75.4 cm³/mol. The van der Waals surface area contributed by atoms with Crippen LogP contribution in [0.2, 0.25) is 10.0 Å². The first-order valence-corrected chi connectivity index (χ1v) is 7.16. The Labute approximate surface area is 126 Å². The molecule has 0 spiro atoms. The number of nitrogens with zero attached hydrogens (tertiary/aromatic N) is 1. The fourth-order valence-corrected chi connectivity index (χ4v) is 3.81. The third-order valence-electron chi connectivity index (χ3n) is 4.62. The Morgan fingerprint density at radius 3 is 2.70 bits per heavy atom. The molecule has 20 heavy (non-hydrogen) atoms. The zero-order valence-electron chi connectivity index (χ0n) is 10.6. The van der Waals surface area contributed by atoms with Crippen molar-refractivity contribution in [1.82, 2.24) is 4.90 Å². The van der Waals surface area contributed by atoms with E-state index < -0.39 is 11.5 Å². The molecule has 1 aromatic rings. The highest BCUT2D eigenvalue weighted by Crippen LogP contribution is 2.62. The SMILES string of the molecule is O=C[C@]1(c2ccc(Cl)c(Cl)c2)[C@@H]2CN(C(=O)O)CC[C@@H]21. The highest BCUT2D eigenvalue weighted by molar-refractivity contribution is 6.42. The summed E-state index contributed by atoms with van der Waals surface area (Å²) in [5.41, 5.74) is 0.238. The molecule has 2 aliphatic rings. The summed E-state index contributed by atoms with van der Waals surface area (Å²) in [7, 11) is 0. The molecule has 0 aromatic heterocycles. The molecule has 2 fully saturated rings. The van der Waals surface area contributed by atoms with Gasteiger partial charge in [-0.05, 0) is 36.0 Å². The van der Waals surface area contributed by atoms with Crippen LogP contribution in [0.5, 0.6) is 0 Å². The Morgan fingerprint density at radius 1 is 1.35 bits per heavy atom. The molecule has 3 atom stereocenters. The number of hydrogen-bond acceptors (Lipinski definition) is 2. The van der Waals surface area contributed by atoms with Gasteiger partial charge in [0, 0.05) is 13.1 Å². The van der Waals surface area contributed by atoms with Gasteiger partial charge in [0.1, 0.15) is 6.29 Å². The number of carboxylic acid groups (broad SMARTS) is 1. The van der Waals surface area contributed by atoms with Crippen molar-refractivity contribution in [2.75, 3.05) is 13.1 Å². The van der Waals surface area contributed by atoms with Crippen LogP contribution >= 0.6 is 23.2 Å². The Morgan fingerprint density at radius 2 is 2.10 bits per heavy atom. The second-order valence-electron chi connectivity index (χ2n) is 5.41. The zero-order chi connectivity index (χ0) is 14.5. The van der Waals surface area contributed by atoms with E-state index in [4.69, 9.17) is 28.3 Å². The van der Waals surface area contributed by atoms with E-state index in [1.165, 1.54) is 4.90 Å². The Balaban J connectivity index is 1.93. The summed E-state index contributed by atoms with van der Waals surface area (Å²) in [5, 5.41) is 9.94. The van der Waals surface area contributed by atoms with Gasteiger partial charge >= 0.3 is 6.09 Å². The average Bonchev–Trinajstić information content (AvgIpc) is 3.10. The van der Waals surface area contributed by atoms with Crippen molar-refractivity contribution in [3.05, 3.63) is 33.8 Å². The molecular weight excluding hydrogens is 301 g/mol. The number of rotatable bonds is 2. The van der Waals surface area contributed by atoms with Crippen LogP contribution in [0.4, 0.5) is 4.79 Å². The summed E-state index contributed by atoms with van der Waals surface area (Å²) < 4.78 is 0. The number of halogens is 2. The van der Waals surface area contributed by atoms with Crippen LogP contribution in [0.15, 0.2) is 18.2 Å². The highest BCUT2D eigenvalue weighted by atomic mass is 35.5. The molecule has 1 heterocycles. The quantitative estimate of drug-likeness (QED) is 0.854. The molecule has 1 saturated heterocycles. The van der Waals surface area contributed by atoms with Gasteiger partial charge in [-0.25, -0.2) is 4.79 Å². The van der Waals surface area contributed by atoms with Gasteiger partial charge in [-0.2, -0.15) is 0 Å². The number of amides is 1. The number of hydrogen-bond donors (Lipinski definition) is 1.